The van der Waals surface area contributed by atoms with Gasteiger partial charge in [0, 0.05) is 24.9 Å². The predicted molar refractivity (Wildman–Crippen MR) is 84.2 cm³/mol. The molecule has 21 heavy (non-hydrogen) atoms. The topological polar surface area (TPSA) is 38.8 Å². The lowest BCUT2D eigenvalue weighted by Gasteiger charge is -2.29. The van der Waals surface area contributed by atoms with Gasteiger partial charge in [0.25, 0.3) is 0 Å². The van der Waals surface area contributed by atoms with Crippen LogP contribution in [0.15, 0.2) is 18.2 Å². The average Bonchev–Trinajstić information content (AvgIpc) is 2.82. The van der Waals surface area contributed by atoms with Crippen molar-refractivity contribution in [3.63, 3.8) is 0 Å². The minimum absolute atomic E-state index is 0.0472. The summed E-state index contributed by atoms with van der Waals surface area (Å²) in [6, 6.07) is 5.84. The fourth-order valence-electron chi connectivity index (χ4n) is 2.86. The fourth-order valence-corrected chi connectivity index (χ4v) is 3.75. The van der Waals surface area contributed by atoms with Crippen LogP contribution in [-0.4, -0.2) is 49.1 Å². The predicted octanol–water partition coefficient (Wildman–Crippen LogP) is 2.21. The lowest BCUT2D eigenvalue weighted by Crippen LogP contribution is -2.41. The minimum Gasteiger partial charge on any atom is -0.497 e. The number of methoxy groups -OCH3 is 1. The third-order valence-corrected chi connectivity index (χ3v) is 5.11. The van der Waals surface area contributed by atoms with Gasteiger partial charge in [0.1, 0.15) is 18.1 Å². The average molecular weight is 307 g/mol. The molecule has 0 bridgehead atoms. The highest BCUT2D eigenvalue weighted by Gasteiger charge is 2.30. The summed E-state index contributed by atoms with van der Waals surface area (Å²) < 4.78 is 11.0. The van der Waals surface area contributed by atoms with Crippen molar-refractivity contribution in [3.8, 4) is 11.5 Å². The molecule has 1 aromatic rings. The Labute approximate surface area is 129 Å². The fraction of sp³-hybridized carbons (Fsp3) is 0.562. The molecule has 5 heteroatoms. The van der Waals surface area contributed by atoms with Crippen LogP contribution in [0.1, 0.15) is 12.0 Å². The summed E-state index contributed by atoms with van der Waals surface area (Å²) >= 11 is 1.94. The van der Waals surface area contributed by atoms with E-state index in [-0.39, 0.29) is 11.8 Å². The van der Waals surface area contributed by atoms with Gasteiger partial charge >= 0.3 is 0 Å². The Morgan fingerprint density at radius 2 is 2.29 bits per heavy atom. The Balaban J connectivity index is 1.69. The van der Waals surface area contributed by atoms with E-state index in [1.54, 1.807) is 7.11 Å². The van der Waals surface area contributed by atoms with Crippen molar-refractivity contribution in [2.45, 2.75) is 12.8 Å². The molecular formula is C16H21NO3S. The third-order valence-electron chi connectivity index (χ3n) is 4.06. The Kier molecular flexibility index (Phi) is 4.58. The maximum Gasteiger partial charge on any atom is 0.229 e. The Morgan fingerprint density at radius 1 is 1.38 bits per heavy atom. The summed E-state index contributed by atoms with van der Waals surface area (Å²) in [6.07, 6.45) is 1.86. The highest BCUT2D eigenvalue weighted by atomic mass is 32.2. The summed E-state index contributed by atoms with van der Waals surface area (Å²) in [4.78, 5) is 14.7. The van der Waals surface area contributed by atoms with Crippen molar-refractivity contribution in [2.75, 3.05) is 38.3 Å². The van der Waals surface area contributed by atoms with E-state index in [0.717, 1.165) is 54.5 Å². The molecule has 2 heterocycles. The largest absolute Gasteiger partial charge is 0.497 e. The molecule has 2 aliphatic heterocycles. The molecule has 0 aromatic heterocycles. The molecule has 1 atom stereocenters. The van der Waals surface area contributed by atoms with Gasteiger partial charge in [-0.15, -0.1) is 0 Å². The van der Waals surface area contributed by atoms with Crippen LogP contribution in [0.2, 0.25) is 0 Å². The first-order chi connectivity index (χ1) is 10.3. The van der Waals surface area contributed by atoms with Crippen molar-refractivity contribution in [3.05, 3.63) is 23.8 Å². The second-order valence-corrected chi connectivity index (χ2v) is 6.70. The van der Waals surface area contributed by atoms with Crippen LogP contribution < -0.4 is 9.47 Å². The van der Waals surface area contributed by atoms with E-state index in [1.165, 1.54) is 0 Å². The van der Waals surface area contributed by atoms with E-state index in [0.29, 0.717) is 6.61 Å². The first kappa shape index (κ1) is 14.6. The second-order valence-electron chi connectivity index (χ2n) is 5.48. The van der Waals surface area contributed by atoms with Crippen molar-refractivity contribution in [2.24, 2.45) is 5.92 Å². The molecule has 3 rings (SSSR count). The number of thioether (sulfide) groups is 1. The first-order valence-corrected chi connectivity index (χ1v) is 8.59. The summed E-state index contributed by atoms with van der Waals surface area (Å²) in [5.74, 6) is 4.06. The van der Waals surface area contributed by atoms with Gasteiger partial charge in [-0.25, -0.2) is 0 Å². The first-order valence-electron chi connectivity index (χ1n) is 7.44. The number of rotatable bonds is 2. The summed E-state index contributed by atoms with van der Waals surface area (Å²) in [5.41, 5.74) is 1.10. The molecule has 114 valence electrons. The molecule has 0 spiro atoms. The number of amides is 1. The van der Waals surface area contributed by atoms with Gasteiger partial charge in [-0.05, 0) is 30.2 Å². The molecule has 4 nitrogen and oxygen atoms in total. The highest BCUT2D eigenvalue weighted by Crippen LogP contribution is 2.31. The van der Waals surface area contributed by atoms with Gasteiger partial charge in [0.15, 0.2) is 0 Å². The number of hydrogen-bond donors (Lipinski definition) is 0. The van der Waals surface area contributed by atoms with E-state index >= 15 is 0 Å². The monoisotopic (exact) mass is 307 g/mol. The van der Waals surface area contributed by atoms with Gasteiger partial charge in [-0.1, -0.05) is 6.07 Å². The normalized spacial score (nSPS) is 22.0. The van der Waals surface area contributed by atoms with Crippen LogP contribution in [0, 0.1) is 5.92 Å². The zero-order valence-electron chi connectivity index (χ0n) is 12.3. The lowest BCUT2D eigenvalue weighted by atomic mass is 9.95. The number of ether oxygens (including phenoxy) is 2. The van der Waals surface area contributed by atoms with Gasteiger partial charge in [-0.3, -0.25) is 4.79 Å². The van der Waals surface area contributed by atoms with Gasteiger partial charge in [-0.2, -0.15) is 11.8 Å². The van der Waals surface area contributed by atoms with E-state index in [9.17, 15) is 4.79 Å². The van der Waals surface area contributed by atoms with Gasteiger partial charge in [0.05, 0.1) is 13.0 Å². The van der Waals surface area contributed by atoms with Crippen LogP contribution in [0.4, 0.5) is 0 Å². The molecule has 2 aliphatic rings. The smallest absolute Gasteiger partial charge is 0.229 e. The molecule has 1 fully saturated rings. The zero-order chi connectivity index (χ0) is 14.7. The van der Waals surface area contributed by atoms with E-state index in [4.69, 9.17) is 9.47 Å². The van der Waals surface area contributed by atoms with Crippen LogP contribution in [-0.2, 0) is 11.2 Å². The Hall–Kier alpha value is -1.36. The third kappa shape index (κ3) is 3.28. The Bertz CT molecular complexity index is 512. The van der Waals surface area contributed by atoms with E-state index < -0.39 is 0 Å². The maximum atomic E-state index is 12.7. The summed E-state index contributed by atoms with van der Waals surface area (Å²) in [7, 11) is 1.65. The highest BCUT2D eigenvalue weighted by molar-refractivity contribution is 7.99. The van der Waals surface area contributed by atoms with E-state index in [2.05, 4.69) is 0 Å². The molecular weight excluding hydrogens is 286 g/mol. The minimum atomic E-state index is -0.0472. The summed E-state index contributed by atoms with van der Waals surface area (Å²) in [6.45, 7) is 2.23. The number of benzene rings is 1. The zero-order valence-corrected chi connectivity index (χ0v) is 13.2. The van der Waals surface area contributed by atoms with Crippen molar-refractivity contribution < 1.29 is 14.3 Å². The molecule has 1 saturated heterocycles. The molecule has 1 amide bonds. The van der Waals surface area contributed by atoms with Crippen molar-refractivity contribution >= 4 is 17.7 Å². The summed E-state index contributed by atoms with van der Waals surface area (Å²) in [5, 5.41) is 0. The van der Waals surface area contributed by atoms with E-state index in [1.807, 2.05) is 34.9 Å². The SMILES string of the molecule is COc1ccc2c(c1)OC[C@H](C(=O)N1CCCSCC1)C2. The van der Waals surface area contributed by atoms with Crippen LogP contribution in [0.25, 0.3) is 0 Å². The standard InChI is InChI=1S/C16H21NO3S/c1-19-14-4-3-12-9-13(11-20-15(12)10-14)16(18)17-5-2-7-21-8-6-17/h3-4,10,13H,2,5-9,11H2,1H3/t13-/m1/s1. The molecule has 0 radical (unpaired) electrons. The lowest BCUT2D eigenvalue weighted by molar-refractivity contribution is -0.136. The van der Waals surface area contributed by atoms with Crippen molar-refractivity contribution in [1.82, 2.24) is 4.90 Å². The number of fused-ring (bicyclic) bond motifs is 1. The number of carbonyl (C=O) groups excluding carboxylic acids is 1. The second kappa shape index (κ2) is 6.60. The van der Waals surface area contributed by atoms with Gasteiger partial charge < -0.3 is 14.4 Å². The maximum absolute atomic E-state index is 12.7. The van der Waals surface area contributed by atoms with Crippen LogP contribution >= 0.6 is 11.8 Å². The van der Waals surface area contributed by atoms with Crippen LogP contribution in [0.5, 0.6) is 11.5 Å². The number of carbonyl (C=O) groups is 1. The molecule has 0 aliphatic carbocycles. The van der Waals surface area contributed by atoms with Crippen LogP contribution in [0.3, 0.4) is 0 Å². The molecule has 0 unspecified atom stereocenters. The molecule has 1 aromatic carbocycles. The number of nitrogens with zero attached hydrogens (tertiary/aromatic N) is 1. The Morgan fingerprint density at radius 3 is 3.14 bits per heavy atom. The molecule has 0 saturated carbocycles. The molecule has 0 N–H and O–H groups in total. The van der Waals surface area contributed by atoms with Gasteiger partial charge in [0.2, 0.25) is 5.91 Å². The van der Waals surface area contributed by atoms with Crippen molar-refractivity contribution in [1.29, 1.82) is 0 Å². The number of hydrogen-bond acceptors (Lipinski definition) is 4. The quantitative estimate of drug-likeness (QED) is 0.840.